The monoisotopic (exact) mass is 366 g/mol. The van der Waals surface area contributed by atoms with Crippen LogP contribution in [0.4, 0.5) is 0 Å². The van der Waals surface area contributed by atoms with Gasteiger partial charge in [-0.05, 0) is 45.2 Å². The lowest BCUT2D eigenvalue weighted by atomic mass is 9.98. The largest absolute Gasteiger partial charge is 0.356 e. The number of likely N-dealkylation sites (tertiary alicyclic amines) is 1. The molecule has 2 rings (SSSR count). The molecule has 0 amide bonds. The molecule has 2 aliphatic heterocycles. The van der Waals surface area contributed by atoms with Gasteiger partial charge in [-0.25, -0.2) is 0 Å². The van der Waals surface area contributed by atoms with Crippen LogP contribution in [-0.2, 0) is 0 Å². The lowest BCUT2D eigenvalue weighted by Crippen LogP contribution is -2.49. The zero-order chi connectivity index (χ0) is 12.1. The Morgan fingerprint density at radius 3 is 2.78 bits per heavy atom. The average molecular weight is 366 g/mol. The summed E-state index contributed by atoms with van der Waals surface area (Å²) in [5, 5.41) is 6.73. The minimum absolute atomic E-state index is 0. The maximum absolute atomic E-state index is 4.43. The van der Waals surface area contributed by atoms with Crippen LogP contribution < -0.4 is 10.6 Å². The molecular formula is C13H27IN4. The van der Waals surface area contributed by atoms with Gasteiger partial charge in [0.1, 0.15) is 0 Å². The van der Waals surface area contributed by atoms with Crippen LogP contribution in [0.15, 0.2) is 4.99 Å². The summed E-state index contributed by atoms with van der Waals surface area (Å²) in [6.07, 6.45) is 3.86. The number of aliphatic imine (C=N–C) groups is 1. The molecule has 18 heavy (non-hydrogen) atoms. The first-order valence-corrected chi connectivity index (χ1v) is 7.02. The fraction of sp³-hybridized carbons (Fsp3) is 0.923. The molecule has 106 valence electrons. The van der Waals surface area contributed by atoms with Gasteiger partial charge in [0.05, 0.1) is 0 Å². The second kappa shape index (κ2) is 8.19. The van der Waals surface area contributed by atoms with Gasteiger partial charge in [-0.15, -0.1) is 24.0 Å². The van der Waals surface area contributed by atoms with Crippen LogP contribution in [0.3, 0.4) is 0 Å². The Labute approximate surface area is 128 Å². The van der Waals surface area contributed by atoms with E-state index >= 15 is 0 Å². The van der Waals surface area contributed by atoms with Gasteiger partial charge in [0, 0.05) is 25.7 Å². The van der Waals surface area contributed by atoms with Crippen molar-refractivity contribution in [2.24, 2.45) is 10.9 Å². The van der Waals surface area contributed by atoms with Crippen LogP contribution >= 0.6 is 24.0 Å². The molecule has 0 saturated carbocycles. The number of halogens is 1. The van der Waals surface area contributed by atoms with E-state index in [9.17, 15) is 0 Å². The minimum Gasteiger partial charge on any atom is -0.356 e. The second-order valence-electron chi connectivity index (χ2n) is 5.46. The van der Waals surface area contributed by atoms with Gasteiger partial charge in [-0.3, -0.25) is 9.89 Å². The average Bonchev–Trinajstić information content (AvgIpc) is 2.38. The van der Waals surface area contributed by atoms with Crippen molar-refractivity contribution >= 4 is 29.9 Å². The van der Waals surface area contributed by atoms with Crippen LogP contribution in [0, 0.1) is 5.92 Å². The van der Waals surface area contributed by atoms with Gasteiger partial charge in [0.25, 0.3) is 0 Å². The maximum Gasteiger partial charge on any atom is 0.191 e. The molecule has 1 unspecified atom stereocenters. The van der Waals surface area contributed by atoms with Gasteiger partial charge in [-0.1, -0.05) is 6.92 Å². The molecule has 0 aromatic heterocycles. The summed E-state index contributed by atoms with van der Waals surface area (Å²) in [5.74, 6) is 1.91. The molecule has 1 fully saturated rings. The molecule has 0 aromatic rings. The number of guanidine groups is 1. The van der Waals surface area contributed by atoms with Gasteiger partial charge in [0.2, 0.25) is 0 Å². The van der Waals surface area contributed by atoms with Crippen molar-refractivity contribution in [3.05, 3.63) is 0 Å². The molecule has 1 saturated heterocycles. The van der Waals surface area contributed by atoms with Crippen molar-refractivity contribution < 1.29 is 0 Å². The summed E-state index contributed by atoms with van der Waals surface area (Å²) >= 11 is 0. The summed E-state index contributed by atoms with van der Waals surface area (Å²) in [6, 6.07) is 0.605. The minimum atomic E-state index is 0. The number of rotatable bonds is 3. The molecule has 2 N–H and O–H groups in total. The summed E-state index contributed by atoms with van der Waals surface area (Å²) in [5.41, 5.74) is 0. The van der Waals surface area contributed by atoms with E-state index in [0.717, 1.165) is 37.9 Å². The number of piperidine rings is 1. The highest BCUT2D eigenvalue weighted by Crippen LogP contribution is 2.17. The van der Waals surface area contributed by atoms with Crippen LogP contribution in [0.1, 0.15) is 33.1 Å². The molecule has 2 aliphatic rings. The SMILES string of the molecule is CC1CCN(C(C)CNC2=NCCCN2)CC1.I. The molecule has 4 nitrogen and oxygen atoms in total. The number of hydrogen-bond acceptors (Lipinski definition) is 4. The zero-order valence-corrected chi connectivity index (χ0v) is 13.9. The van der Waals surface area contributed by atoms with E-state index in [4.69, 9.17) is 0 Å². The highest BCUT2D eigenvalue weighted by molar-refractivity contribution is 14.0. The van der Waals surface area contributed by atoms with E-state index in [-0.39, 0.29) is 24.0 Å². The molecule has 0 aliphatic carbocycles. The molecule has 2 heterocycles. The number of nitrogens with zero attached hydrogens (tertiary/aromatic N) is 2. The van der Waals surface area contributed by atoms with Crippen molar-refractivity contribution in [3.8, 4) is 0 Å². The Balaban J connectivity index is 0.00000162. The Bertz CT molecular complexity index is 262. The molecule has 1 atom stereocenters. The van der Waals surface area contributed by atoms with Crippen LogP contribution in [-0.4, -0.2) is 49.6 Å². The first-order valence-electron chi connectivity index (χ1n) is 7.02. The predicted octanol–water partition coefficient (Wildman–Crippen LogP) is 1.66. The predicted molar refractivity (Wildman–Crippen MR) is 87.8 cm³/mol. The van der Waals surface area contributed by atoms with Gasteiger partial charge >= 0.3 is 0 Å². The first kappa shape index (κ1) is 16.0. The molecule has 0 radical (unpaired) electrons. The number of nitrogens with one attached hydrogen (secondary N) is 2. The van der Waals surface area contributed by atoms with Gasteiger partial charge in [0.15, 0.2) is 5.96 Å². The quantitative estimate of drug-likeness (QED) is 0.747. The van der Waals surface area contributed by atoms with Crippen molar-refractivity contribution in [1.82, 2.24) is 15.5 Å². The van der Waals surface area contributed by atoms with E-state index in [1.54, 1.807) is 0 Å². The normalized spacial score (nSPS) is 23.6. The Morgan fingerprint density at radius 2 is 2.17 bits per heavy atom. The summed E-state index contributed by atoms with van der Waals surface area (Å²) in [7, 11) is 0. The third kappa shape index (κ3) is 4.91. The van der Waals surface area contributed by atoms with Gasteiger partial charge in [-0.2, -0.15) is 0 Å². The van der Waals surface area contributed by atoms with Crippen molar-refractivity contribution in [1.29, 1.82) is 0 Å². The molecular weight excluding hydrogens is 339 g/mol. The van der Waals surface area contributed by atoms with E-state index in [2.05, 4.69) is 34.4 Å². The lowest BCUT2D eigenvalue weighted by molar-refractivity contribution is 0.147. The second-order valence-corrected chi connectivity index (χ2v) is 5.46. The Morgan fingerprint density at radius 1 is 1.44 bits per heavy atom. The summed E-state index contributed by atoms with van der Waals surface area (Å²) < 4.78 is 0. The molecule has 0 spiro atoms. The third-order valence-corrected chi connectivity index (χ3v) is 3.90. The van der Waals surface area contributed by atoms with Crippen LogP contribution in [0.5, 0.6) is 0 Å². The summed E-state index contributed by atoms with van der Waals surface area (Å²) in [6.45, 7) is 10.2. The van der Waals surface area contributed by atoms with E-state index in [1.807, 2.05) is 0 Å². The van der Waals surface area contributed by atoms with Crippen LogP contribution in [0.25, 0.3) is 0 Å². The molecule has 5 heteroatoms. The smallest absolute Gasteiger partial charge is 0.191 e. The standard InChI is InChI=1S/C13H26N4.HI/c1-11-4-8-17(9-5-11)12(2)10-16-13-14-6-3-7-15-13;/h11-12H,3-10H2,1-2H3,(H2,14,15,16);1H. The third-order valence-electron chi connectivity index (χ3n) is 3.90. The Hall–Kier alpha value is -0.0400. The van der Waals surface area contributed by atoms with Crippen molar-refractivity contribution in [2.75, 3.05) is 32.7 Å². The number of hydrogen-bond donors (Lipinski definition) is 2. The zero-order valence-electron chi connectivity index (χ0n) is 11.6. The molecule has 0 bridgehead atoms. The van der Waals surface area contributed by atoms with E-state index < -0.39 is 0 Å². The maximum atomic E-state index is 4.43. The topological polar surface area (TPSA) is 39.7 Å². The highest BCUT2D eigenvalue weighted by Gasteiger charge is 2.20. The van der Waals surface area contributed by atoms with Crippen molar-refractivity contribution in [2.45, 2.75) is 39.2 Å². The highest BCUT2D eigenvalue weighted by atomic mass is 127. The fourth-order valence-electron chi connectivity index (χ4n) is 2.49. The lowest BCUT2D eigenvalue weighted by Gasteiger charge is -2.35. The summed E-state index contributed by atoms with van der Waals surface area (Å²) in [4.78, 5) is 7.03. The van der Waals surface area contributed by atoms with Crippen LogP contribution in [0.2, 0.25) is 0 Å². The van der Waals surface area contributed by atoms with E-state index in [0.29, 0.717) is 6.04 Å². The Kier molecular flexibility index (Phi) is 7.29. The molecule has 0 aromatic carbocycles. The first-order chi connectivity index (χ1) is 8.25. The van der Waals surface area contributed by atoms with E-state index in [1.165, 1.54) is 25.9 Å². The van der Waals surface area contributed by atoms with Gasteiger partial charge < -0.3 is 10.6 Å². The van der Waals surface area contributed by atoms with Crippen molar-refractivity contribution in [3.63, 3.8) is 0 Å². The fourth-order valence-corrected chi connectivity index (χ4v) is 2.49.